The predicted molar refractivity (Wildman–Crippen MR) is 179 cm³/mol. The number of anilines is 3. The zero-order valence-electron chi connectivity index (χ0n) is 24.2. The first kappa shape index (κ1) is 25.5. The maximum absolute atomic E-state index is 6.92. The molecule has 1 aliphatic heterocycles. The minimum atomic E-state index is -0.645. The SMILES string of the molecule is Clc1cnc2c(c1)C1(c3ccccc3-c3c1ccc1c3Oc3ccccc3N1c1cccc(-c3ncccn3)c1)c1cccnc1-2. The van der Waals surface area contributed by atoms with Crippen LogP contribution in [0.25, 0.3) is 33.9 Å². The molecule has 10 rings (SSSR count). The molecule has 0 radical (unpaired) electrons. The summed E-state index contributed by atoms with van der Waals surface area (Å²) < 4.78 is 6.92. The minimum Gasteiger partial charge on any atom is -0.452 e. The maximum Gasteiger partial charge on any atom is 0.159 e. The first-order chi connectivity index (χ1) is 22.7. The second kappa shape index (κ2) is 9.33. The summed E-state index contributed by atoms with van der Waals surface area (Å²) in [5, 5.41) is 0.591. The zero-order chi connectivity index (χ0) is 30.4. The Morgan fingerprint density at radius 1 is 0.609 bits per heavy atom. The van der Waals surface area contributed by atoms with Crippen molar-refractivity contribution < 1.29 is 4.74 Å². The lowest BCUT2D eigenvalue weighted by atomic mass is 9.71. The molecule has 0 fully saturated rings. The predicted octanol–water partition coefficient (Wildman–Crippen LogP) is 9.51. The van der Waals surface area contributed by atoms with Gasteiger partial charge < -0.3 is 9.64 Å². The molecule has 2 aliphatic carbocycles. The number of hydrogen-bond donors (Lipinski definition) is 0. The highest BCUT2D eigenvalue weighted by molar-refractivity contribution is 6.30. The van der Waals surface area contributed by atoms with Gasteiger partial charge in [-0.3, -0.25) is 9.97 Å². The monoisotopic (exact) mass is 611 g/mol. The Hall–Kier alpha value is -5.85. The van der Waals surface area contributed by atoms with Crippen LogP contribution in [0.1, 0.15) is 22.3 Å². The van der Waals surface area contributed by atoms with E-state index in [0.717, 1.165) is 78.9 Å². The van der Waals surface area contributed by atoms with Gasteiger partial charge in [-0.05, 0) is 70.8 Å². The summed E-state index contributed by atoms with van der Waals surface area (Å²) in [6, 6.07) is 37.6. The van der Waals surface area contributed by atoms with Crippen LogP contribution in [-0.4, -0.2) is 19.9 Å². The van der Waals surface area contributed by atoms with E-state index in [1.807, 2.05) is 48.7 Å². The summed E-state index contributed by atoms with van der Waals surface area (Å²) in [6.45, 7) is 0. The molecule has 3 aromatic heterocycles. The Morgan fingerprint density at radius 2 is 1.41 bits per heavy atom. The topological polar surface area (TPSA) is 64.0 Å². The molecule has 0 amide bonds. The molecule has 0 saturated carbocycles. The lowest BCUT2D eigenvalue weighted by Crippen LogP contribution is -2.26. The van der Waals surface area contributed by atoms with Crippen molar-refractivity contribution in [1.29, 1.82) is 0 Å². The highest BCUT2D eigenvalue weighted by Crippen LogP contribution is 2.66. The van der Waals surface area contributed by atoms with Crippen molar-refractivity contribution in [1.82, 2.24) is 19.9 Å². The average Bonchev–Trinajstić information content (AvgIpc) is 3.58. The third-order valence-corrected chi connectivity index (χ3v) is 9.53. The molecule has 0 bridgehead atoms. The van der Waals surface area contributed by atoms with Gasteiger partial charge in [-0.1, -0.05) is 72.3 Å². The van der Waals surface area contributed by atoms with Crippen LogP contribution < -0.4 is 9.64 Å². The van der Waals surface area contributed by atoms with E-state index >= 15 is 0 Å². The third kappa shape index (κ3) is 3.26. The van der Waals surface area contributed by atoms with E-state index < -0.39 is 5.41 Å². The number of rotatable bonds is 2. The fraction of sp³-hybridized carbons (Fsp3) is 0.0256. The molecule has 216 valence electrons. The number of benzene rings is 4. The standard InChI is InChI=1S/C39H22ClN5O/c40-24-21-30-36(44-22-24)35-29(12-6-17-41-35)39(30)27-11-2-1-10-26(27)34-28(39)15-16-32-37(34)46-33-14-4-3-13-31(33)45(32)25-9-5-8-23(20-25)38-42-18-7-19-43-38/h1-22H. The number of nitrogens with zero attached hydrogens (tertiary/aromatic N) is 5. The van der Waals surface area contributed by atoms with Crippen molar-refractivity contribution in [2.24, 2.45) is 0 Å². The summed E-state index contributed by atoms with van der Waals surface area (Å²) in [4.78, 5) is 20.9. The molecule has 1 spiro atoms. The number of hydrogen-bond acceptors (Lipinski definition) is 6. The van der Waals surface area contributed by atoms with E-state index in [9.17, 15) is 0 Å². The van der Waals surface area contributed by atoms with Crippen LogP contribution >= 0.6 is 11.6 Å². The van der Waals surface area contributed by atoms with Gasteiger partial charge in [0, 0.05) is 47.2 Å². The number of aromatic nitrogens is 4. The molecular formula is C39H22ClN5O. The molecule has 1 unspecified atom stereocenters. The van der Waals surface area contributed by atoms with Crippen LogP contribution in [0.2, 0.25) is 5.02 Å². The second-order valence-electron chi connectivity index (χ2n) is 11.6. The van der Waals surface area contributed by atoms with Crippen molar-refractivity contribution in [2.45, 2.75) is 5.41 Å². The molecule has 46 heavy (non-hydrogen) atoms. The van der Waals surface area contributed by atoms with E-state index in [0.29, 0.717) is 10.8 Å². The molecule has 1 atom stereocenters. The average molecular weight is 612 g/mol. The second-order valence-corrected chi connectivity index (χ2v) is 12.0. The fourth-order valence-corrected chi connectivity index (χ4v) is 7.78. The van der Waals surface area contributed by atoms with Gasteiger partial charge in [-0.25, -0.2) is 9.97 Å². The summed E-state index contributed by atoms with van der Waals surface area (Å²) in [5.41, 5.74) is 11.5. The zero-order valence-corrected chi connectivity index (χ0v) is 25.0. The van der Waals surface area contributed by atoms with Crippen LogP contribution in [0.15, 0.2) is 134 Å². The summed E-state index contributed by atoms with van der Waals surface area (Å²) in [6.07, 6.45) is 7.07. The Labute approximate surface area is 269 Å². The van der Waals surface area contributed by atoms with E-state index in [1.165, 1.54) is 0 Å². The lowest BCUT2D eigenvalue weighted by Gasteiger charge is -2.35. The van der Waals surface area contributed by atoms with Gasteiger partial charge in [-0.15, -0.1) is 0 Å². The quantitative estimate of drug-likeness (QED) is 0.194. The van der Waals surface area contributed by atoms with Gasteiger partial charge in [0.2, 0.25) is 0 Å². The van der Waals surface area contributed by atoms with Crippen molar-refractivity contribution in [3.05, 3.63) is 161 Å². The summed E-state index contributed by atoms with van der Waals surface area (Å²) in [5.74, 6) is 2.26. The van der Waals surface area contributed by atoms with Gasteiger partial charge in [0.05, 0.1) is 33.2 Å². The van der Waals surface area contributed by atoms with E-state index in [1.54, 1.807) is 18.6 Å². The Bertz CT molecular complexity index is 2390. The summed E-state index contributed by atoms with van der Waals surface area (Å²) >= 11 is 6.67. The van der Waals surface area contributed by atoms with Crippen LogP contribution in [0.3, 0.4) is 0 Å². The molecule has 7 aromatic rings. The Balaban J connectivity index is 1.27. The van der Waals surface area contributed by atoms with Crippen LogP contribution in [0.5, 0.6) is 11.5 Å². The Kier molecular flexibility index (Phi) is 5.17. The fourth-order valence-electron chi connectivity index (χ4n) is 7.62. The van der Waals surface area contributed by atoms with E-state index in [-0.39, 0.29) is 0 Å². The van der Waals surface area contributed by atoms with Gasteiger partial charge in [0.1, 0.15) is 0 Å². The third-order valence-electron chi connectivity index (χ3n) is 9.32. The molecule has 7 heteroatoms. The highest BCUT2D eigenvalue weighted by Gasteiger charge is 2.54. The molecule has 4 aromatic carbocycles. The number of halogens is 1. The number of fused-ring (bicyclic) bond motifs is 13. The van der Waals surface area contributed by atoms with Crippen LogP contribution in [-0.2, 0) is 5.41 Å². The molecule has 6 nitrogen and oxygen atoms in total. The largest absolute Gasteiger partial charge is 0.452 e. The number of para-hydroxylation sites is 2. The Morgan fingerprint density at radius 3 is 2.35 bits per heavy atom. The van der Waals surface area contributed by atoms with E-state index in [2.05, 4.69) is 81.6 Å². The highest BCUT2D eigenvalue weighted by atomic mass is 35.5. The summed E-state index contributed by atoms with van der Waals surface area (Å²) in [7, 11) is 0. The van der Waals surface area contributed by atoms with Crippen molar-refractivity contribution in [2.75, 3.05) is 4.90 Å². The molecule has 4 heterocycles. The molecule has 3 aliphatic rings. The van der Waals surface area contributed by atoms with Crippen molar-refractivity contribution in [3.8, 4) is 45.4 Å². The number of pyridine rings is 2. The van der Waals surface area contributed by atoms with Crippen molar-refractivity contribution in [3.63, 3.8) is 0 Å². The molecule has 0 N–H and O–H groups in total. The van der Waals surface area contributed by atoms with Gasteiger partial charge in [-0.2, -0.15) is 0 Å². The number of ether oxygens (including phenoxy) is 1. The van der Waals surface area contributed by atoms with E-state index in [4.69, 9.17) is 26.3 Å². The van der Waals surface area contributed by atoms with Crippen LogP contribution in [0.4, 0.5) is 17.1 Å². The minimum absolute atomic E-state index is 0.591. The molecular weight excluding hydrogens is 590 g/mol. The first-order valence-corrected chi connectivity index (χ1v) is 15.4. The normalized spacial score (nSPS) is 16.2. The first-order valence-electron chi connectivity index (χ1n) is 15.1. The van der Waals surface area contributed by atoms with Crippen molar-refractivity contribution >= 4 is 28.7 Å². The smallest absolute Gasteiger partial charge is 0.159 e. The lowest BCUT2D eigenvalue weighted by molar-refractivity contribution is 0.478. The molecule has 0 saturated heterocycles. The van der Waals surface area contributed by atoms with Gasteiger partial charge in [0.25, 0.3) is 0 Å². The maximum atomic E-state index is 6.92. The van der Waals surface area contributed by atoms with Gasteiger partial charge >= 0.3 is 0 Å². The van der Waals surface area contributed by atoms with Crippen LogP contribution in [0, 0.1) is 0 Å². The van der Waals surface area contributed by atoms with Gasteiger partial charge in [0.15, 0.2) is 17.3 Å².